The van der Waals surface area contributed by atoms with Crippen LogP contribution in [0.3, 0.4) is 0 Å². The van der Waals surface area contributed by atoms with Crippen molar-refractivity contribution in [3.05, 3.63) is 0 Å². The molecule has 2 aliphatic heterocycles. The van der Waals surface area contributed by atoms with Gasteiger partial charge in [-0.1, -0.05) is 12.8 Å². The third-order valence-electron chi connectivity index (χ3n) is 6.40. The molecule has 2 heterocycles. The van der Waals surface area contributed by atoms with Crippen molar-refractivity contribution in [3.8, 4) is 0 Å². The molecule has 4 aliphatic rings. The SMILES string of the molecule is CCNC(=NCC1CCCS1)NC1C2CCOC2C12CCCC2. The maximum Gasteiger partial charge on any atom is 0.191 e. The zero-order valence-corrected chi connectivity index (χ0v) is 15.2. The quantitative estimate of drug-likeness (QED) is 0.612. The van der Waals surface area contributed by atoms with Crippen LogP contribution in [0.1, 0.15) is 51.9 Å². The van der Waals surface area contributed by atoms with E-state index in [4.69, 9.17) is 9.73 Å². The van der Waals surface area contributed by atoms with Crippen molar-refractivity contribution in [2.75, 3.05) is 25.4 Å². The lowest BCUT2D eigenvalue weighted by molar-refractivity contribution is -0.125. The van der Waals surface area contributed by atoms with Crippen molar-refractivity contribution < 1.29 is 4.74 Å². The third kappa shape index (κ3) is 2.88. The average Bonchev–Trinajstić information content (AvgIpc) is 3.30. The van der Waals surface area contributed by atoms with Gasteiger partial charge in [-0.05, 0) is 44.8 Å². The number of fused-ring (bicyclic) bond motifs is 2. The number of thioether (sulfide) groups is 1. The van der Waals surface area contributed by atoms with E-state index in [-0.39, 0.29) is 0 Å². The van der Waals surface area contributed by atoms with Crippen molar-refractivity contribution >= 4 is 17.7 Å². The maximum absolute atomic E-state index is 6.10. The molecule has 130 valence electrons. The first kappa shape index (κ1) is 16.1. The Morgan fingerprint density at radius 2 is 2.13 bits per heavy atom. The van der Waals surface area contributed by atoms with E-state index in [1.807, 2.05) is 0 Å². The van der Waals surface area contributed by atoms with Gasteiger partial charge >= 0.3 is 0 Å². The highest BCUT2D eigenvalue weighted by atomic mass is 32.2. The van der Waals surface area contributed by atoms with Crippen LogP contribution in [0.4, 0.5) is 0 Å². The lowest BCUT2D eigenvalue weighted by Crippen LogP contribution is -2.69. The van der Waals surface area contributed by atoms with Crippen molar-refractivity contribution in [2.24, 2.45) is 16.3 Å². The van der Waals surface area contributed by atoms with E-state index in [0.717, 1.165) is 30.9 Å². The number of hydrogen-bond donors (Lipinski definition) is 2. The summed E-state index contributed by atoms with van der Waals surface area (Å²) in [6.07, 6.45) is 9.86. The normalized spacial score (nSPS) is 38.6. The van der Waals surface area contributed by atoms with E-state index < -0.39 is 0 Å². The summed E-state index contributed by atoms with van der Waals surface area (Å²) in [5.74, 6) is 3.07. The van der Waals surface area contributed by atoms with Gasteiger partial charge in [0.25, 0.3) is 0 Å². The molecule has 0 radical (unpaired) electrons. The van der Waals surface area contributed by atoms with E-state index in [9.17, 15) is 0 Å². The fraction of sp³-hybridized carbons (Fsp3) is 0.944. The highest BCUT2D eigenvalue weighted by Crippen LogP contribution is 2.60. The monoisotopic (exact) mass is 337 g/mol. The number of hydrogen-bond acceptors (Lipinski definition) is 3. The zero-order chi connectivity index (χ0) is 15.7. The first-order valence-electron chi connectivity index (χ1n) is 9.61. The van der Waals surface area contributed by atoms with Gasteiger partial charge in [0, 0.05) is 35.8 Å². The minimum Gasteiger partial charge on any atom is -0.377 e. The van der Waals surface area contributed by atoms with Gasteiger partial charge in [0.15, 0.2) is 5.96 Å². The predicted octanol–water partition coefficient (Wildman–Crippen LogP) is 2.78. The molecule has 4 fully saturated rings. The zero-order valence-electron chi connectivity index (χ0n) is 14.4. The maximum atomic E-state index is 6.10. The first-order chi connectivity index (χ1) is 11.3. The smallest absolute Gasteiger partial charge is 0.191 e. The molecular weight excluding hydrogens is 306 g/mol. The van der Waals surface area contributed by atoms with E-state index >= 15 is 0 Å². The molecule has 4 rings (SSSR count). The van der Waals surface area contributed by atoms with Gasteiger partial charge in [0.05, 0.1) is 12.6 Å². The van der Waals surface area contributed by atoms with Gasteiger partial charge in [-0.2, -0.15) is 11.8 Å². The number of ether oxygens (including phenoxy) is 1. The molecule has 2 aliphatic carbocycles. The first-order valence-corrected chi connectivity index (χ1v) is 10.7. The number of nitrogens with one attached hydrogen (secondary N) is 2. The molecule has 0 aromatic heterocycles. The molecule has 5 heteroatoms. The highest BCUT2D eigenvalue weighted by Gasteiger charge is 2.65. The summed E-state index contributed by atoms with van der Waals surface area (Å²) in [4.78, 5) is 4.92. The molecule has 2 N–H and O–H groups in total. The lowest BCUT2D eigenvalue weighted by atomic mass is 9.54. The molecule has 0 bridgehead atoms. The van der Waals surface area contributed by atoms with Crippen LogP contribution in [0.25, 0.3) is 0 Å². The fourth-order valence-electron chi connectivity index (χ4n) is 5.35. The van der Waals surface area contributed by atoms with Crippen LogP contribution in [0.5, 0.6) is 0 Å². The summed E-state index contributed by atoms with van der Waals surface area (Å²) >= 11 is 2.09. The van der Waals surface area contributed by atoms with Crippen molar-refractivity contribution in [1.82, 2.24) is 10.6 Å². The number of guanidine groups is 1. The summed E-state index contributed by atoms with van der Waals surface area (Å²) in [6, 6.07) is 0.575. The van der Waals surface area contributed by atoms with Crippen LogP contribution >= 0.6 is 11.8 Å². The van der Waals surface area contributed by atoms with Gasteiger partial charge in [0.1, 0.15) is 0 Å². The molecule has 0 amide bonds. The Morgan fingerprint density at radius 3 is 2.87 bits per heavy atom. The Kier molecular flexibility index (Phi) is 4.77. The summed E-state index contributed by atoms with van der Waals surface area (Å²) < 4.78 is 6.10. The second-order valence-electron chi connectivity index (χ2n) is 7.66. The van der Waals surface area contributed by atoms with Crippen LogP contribution in [0.2, 0.25) is 0 Å². The Balaban J connectivity index is 1.43. The Bertz CT molecular complexity index is 444. The van der Waals surface area contributed by atoms with Gasteiger partial charge in [0.2, 0.25) is 0 Å². The molecule has 4 atom stereocenters. The molecule has 4 unspecified atom stereocenters. The standard InChI is InChI=1S/C18H31N3OS/c1-2-19-17(20-12-13-6-5-11-23-13)21-15-14-7-10-22-16(14)18(15)8-3-4-9-18/h13-16H,2-12H2,1H3,(H2,19,20,21). The second kappa shape index (κ2) is 6.83. The third-order valence-corrected chi connectivity index (χ3v) is 7.78. The molecular formula is C18H31N3OS. The molecule has 23 heavy (non-hydrogen) atoms. The minimum atomic E-state index is 0.402. The van der Waals surface area contributed by atoms with Crippen LogP contribution in [-0.2, 0) is 4.74 Å². The van der Waals surface area contributed by atoms with Crippen LogP contribution in [-0.4, -0.2) is 48.8 Å². The lowest BCUT2D eigenvalue weighted by Gasteiger charge is -2.57. The molecule has 2 saturated heterocycles. The summed E-state index contributed by atoms with van der Waals surface area (Å²) in [5.41, 5.74) is 0.402. The summed E-state index contributed by atoms with van der Waals surface area (Å²) in [7, 11) is 0. The van der Waals surface area contributed by atoms with Crippen molar-refractivity contribution in [3.63, 3.8) is 0 Å². The van der Waals surface area contributed by atoms with Gasteiger partial charge in [-0.25, -0.2) is 0 Å². The summed E-state index contributed by atoms with van der Waals surface area (Å²) in [6.45, 7) is 5.02. The largest absolute Gasteiger partial charge is 0.377 e. The minimum absolute atomic E-state index is 0.402. The van der Waals surface area contributed by atoms with E-state index in [1.165, 1.54) is 50.7 Å². The number of rotatable bonds is 4. The molecule has 0 aromatic carbocycles. The molecule has 1 spiro atoms. The highest BCUT2D eigenvalue weighted by molar-refractivity contribution is 8.00. The number of nitrogens with zero attached hydrogens (tertiary/aromatic N) is 1. The van der Waals surface area contributed by atoms with Gasteiger partial charge < -0.3 is 15.4 Å². The van der Waals surface area contributed by atoms with Crippen LogP contribution < -0.4 is 10.6 Å². The van der Waals surface area contributed by atoms with E-state index in [0.29, 0.717) is 23.5 Å². The van der Waals surface area contributed by atoms with Crippen LogP contribution in [0, 0.1) is 11.3 Å². The Labute approximate surface area is 144 Å². The van der Waals surface area contributed by atoms with E-state index in [2.05, 4.69) is 29.3 Å². The van der Waals surface area contributed by atoms with Gasteiger partial charge in [-0.15, -0.1) is 0 Å². The molecule has 2 saturated carbocycles. The Hall–Kier alpha value is -0.420. The van der Waals surface area contributed by atoms with E-state index in [1.54, 1.807) is 0 Å². The summed E-state index contributed by atoms with van der Waals surface area (Å²) in [5, 5.41) is 8.04. The molecule has 4 nitrogen and oxygen atoms in total. The van der Waals surface area contributed by atoms with Crippen molar-refractivity contribution in [2.45, 2.75) is 69.3 Å². The average molecular weight is 338 g/mol. The fourth-order valence-corrected chi connectivity index (χ4v) is 6.53. The molecule has 0 aromatic rings. The topological polar surface area (TPSA) is 45.7 Å². The predicted molar refractivity (Wildman–Crippen MR) is 97.1 cm³/mol. The van der Waals surface area contributed by atoms with Gasteiger partial charge in [-0.3, -0.25) is 4.99 Å². The van der Waals surface area contributed by atoms with Crippen molar-refractivity contribution in [1.29, 1.82) is 0 Å². The van der Waals surface area contributed by atoms with Crippen LogP contribution in [0.15, 0.2) is 4.99 Å². The Morgan fingerprint density at radius 1 is 1.26 bits per heavy atom. The second-order valence-corrected chi connectivity index (χ2v) is 9.07. The number of aliphatic imine (C=N–C) groups is 1.